The lowest BCUT2D eigenvalue weighted by atomic mass is 9.83. The summed E-state index contributed by atoms with van der Waals surface area (Å²) in [7, 11) is 0. The normalized spacial score (nSPS) is 12.5. The Morgan fingerprint density at radius 2 is 0.964 bits per heavy atom. The van der Waals surface area contributed by atoms with Crippen molar-refractivity contribution in [3.05, 3.63) is 155 Å². The second kappa shape index (κ2) is 15.0. The van der Waals surface area contributed by atoms with Gasteiger partial charge in [-0.2, -0.15) is 0 Å². The molecule has 0 amide bonds. The van der Waals surface area contributed by atoms with Gasteiger partial charge < -0.3 is 5.32 Å². The minimum Gasteiger partial charge on any atom is -0.353 e. The van der Waals surface area contributed by atoms with Crippen LogP contribution in [0.25, 0.3) is 22.3 Å². The molecule has 0 aliphatic rings. The lowest BCUT2D eigenvalue weighted by molar-refractivity contribution is 0.590. The summed E-state index contributed by atoms with van der Waals surface area (Å²) in [5.41, 5.74) is 13.3. The largest absolute Gasteiger partial charge is 0.353 e. The van der Waals surface area contributed by atoms with E-state index in [1.54, 1.807) is 0 Å². The van der Waals surface area contributed by atoms with E-state index >= 15 is 0 Å². The van der Waals surface area contributed by atoms with Crippen molar-refractivity contribution in [3.63, 3.8) is 0 Å². The maximum Gasteiger partial charge on any atom is 0.137 e. The highest BCUT2D eigenvalue weighted by Crippen LogP contribution is 2.48. The molecule has 0 saturated heterocycles. The van der Waals surface area contributed by atoms with Gasteiger partial charge in [-0.3, -0.25) is 4.90 Å². The Hall–Kier alpha value is -4.86. The number of benzene rings is 5. The second-order valence-corrected chi connectivity index (χ2v) is 19.3. The minimum atomic E-state index is -0.0259. The van der Waals surface area contributed by atoms with Crippen LogP contribution in [0.2, 0.25) is 5.02 Å². The SMILES string of the molecule is CC(C)(C)c1ccc(-c2cc(C(C)(C)C)ccc2Nc2c(-c3ccc(C(C)(C)C)cc3)ccc(N(c3ccc(C(C)(C)C)cc3)c3ccccn3)c2Cl)cc1. The zero-order valence-electron chi connectivity index (χ0n) is 34.9. The molecule has 3 nitrogen and oxygen atoms in total. The number of pyridine rings is 1. The number of aromatic nitrogens is 1. The van der Waals surface area contributed by atoms with Gasteiger partial charge in [-0.15, -0.1) is 0 Å². The average molecular weight is 748 g/mol. The van der Waals surface area contributed by atoms with Crippen LogP contribution in [0, 0.1) is 0 Å². The standard InChI is InChI=1S/C51H58ClN3/c1-48(2,3)36-20-16-34(17-21-36)41-29-31-44(55(45-15-13-14-32-53-45)40-27-24-38(25-28-40)50(7,8)9)46(52)47(41)54-43-30-26-39(51(10,11)12)33-42(43)35-18-22-37(23-19-35)49(4,5)6/h13-33,54H,1-12H3. The minimum absolute atomic E-state index is 0.0259. The lowest BCUT2D eigenvalue weighted by Gasteiger charge is -2.29. The molecule has 1 N–H and O–H groups in total. The van der Waals surface area contributed by atoms with Gasteiger partial charge in [-0.05, 0) is 97.5 Å². The molecule has 0 atom stereocenters. The van der Waals surface area contributed by atoms with Crippen molar-refractivity contribution >= 4 is 40.2 Å². The van der Waals surface area contributed by atoms with E-state index in [-0.39, 0.29) is 21.7 Å². The molecule has 0 radical (unpaired) electrons. The molecule has 284 valence electrons. The molecule has 0 spiro atoms. The average Bonchev–Trinajstić information content (AvgIpc) is 3.12. The molecular weight excluding hydrogens is 690 g/mol. The zero-order valence-corrected chi connectivity index (χ0v) is 35.7. The summed E-state index contributed by atoms with van der Waals surface area (Å²) in [5, 5.41) is 4.53. The number of rotatable bonds is 7. The molecular formula is C51H58ClN3. The van der Waals surface area contributed by atoms with Gasteiger partial charge in [0.15, 0.2) is 0 Å². The Labute approximate surface area is 335 Å². The molecule has 55 heavy (non-hydrogen) atoms. The van der Waals surface area contributed by atoms with Crippen molar-refractivity contribution in [2.75, 3.05) is 10.2 Å². The first-order valence-electron chi connectivity index (χ1n) is 19.5. The summed E-state index contributed by atoms with van der Waals surface area (Å²) < 4.78 is 0. The fraction of sp³-hybridized carbons (Fsp3) is 0.314. The Morgan fingerprint density at radius 3 is 1.44 bits per heavy atom. The van der Waals surface area contributed by atoms with Gasteiger partial charge in [0.25, 0.3) is 0 Å². The number of halogens is 1. The van der Waals surface area contributed by atoms with Crippen molar-refractivity contribution in [3.8, 4) is 22.3 Å². The fourth-order valence-electron chi connectivity index (χ4n) is 6.88. The molecule has 1 aromatic heterocycles. The van der Waals surface area contributed by atoms with Crippen LogP contribution >= 0.6 is 11.6 Å². The lowest BCUT2D eigenvalue weighted by Crippen LogP contribution is -2.15. The van der Waals surface area contributed by atoms with Crippen molar-refractivity contribution < 1.29 is 0 Å². The summed E-state index contributed by atoms with van der Waals surface area (Å²) in [4.78, 5) is 6.98. The van der Waals surface area contributed by atoms with Crippen LogP contribution in [0.1, 0.15) is 105 Å². The molecule has 1 heterocycles. The van der Waals surface area contributed by atoms with Crippen molar-refractivity contribution in [1.82, 2.24) is 4.98 Å². The predicted octanol–water partition coefficient (Wildman–Crippen LogP) is 15.5. The Morgan fingerprint density at radius 1 is 0.491 bits per heavy atom. The topological polar surface area (TPSA) is 28.2 Å². The Balaban J connectivity index is 1.58. The van der Waals surface area contributed by atoms with E-state index in [9.17, 15) is 0 Å². The van der Waals surface area contributed by atoms with E-state index in [0.717, 1.165) is 50.8 Å². The summed E-state index contributed by atoms with van der Waals surface area (Å²) in [5.74, 6) is 0.787. The fourth-order valence-corrected chi connectivity index (χ4v) is 7.18. The van der Waals surface area contributed by atoms with Crippen LogP contribution in [0.15, 0.2) is 128 Å². The molecule has 0 bridgehead atoms. The van der Waals surface area contributed by atoms with Gasteiger partial charge in [-0.1, -0.05) is 174 Å². The Kier molecular flexibility index (Phi) is 10.9. The summed E-state index contributed by atoms with van der Waals surface area (Å²) >= 11 is 7.76. The van der Waals surface area contributed by atoms with E-state index < -0.39 is 0 Å². The third-order valence-corrected chi connectivity index (χ3v) is 10.9. The predicted molar refractivity (Wildman–Crippen MR) is 239 cm³/mol. The molecule has 0 unspecified atom stereocenters. The maximum absolute atomic E-state index is 7.76. The van der Waals surface area contributed by atoms with Crippen molar-refractivity contribution in [1.29, 1.82) is 0 Å². The first kappa shape index (κ1) is 39.8. The van der Waals surface area contributed by atoms with Gasteiger partial charge in [0.2, 0.25) is 0 Å². The quantitative estimate of drug-likeness (QED) is 0.176. The third kappa shape index (κ3) is 8.84. The first-order chi connectivity index (χ1) is 25.7. The number of nitrogens with one attached hydrogen (secondary N) is 1. The molecule has 0 saturated carbocycles. The number of hydrogen-bond donors (Lipinski definition) is 1. The van der Waals surface area contributed by atoms with Gasteiger partial charge in [0, 0.05) is 28.7 Å². The highest BCUT2D eigenvalue weighted by Gasteiger charge is 2.25. The zero-order chi connectivity index (χ0) is 39.9. The van der Waals surface area contributed by atoms with E-state index in [4.69, 9.17) is 16.6 Å². The number of anilines is 5. The third-order valence-electron chi connectivity index (χ3n) is 10.5. The smallest absolute Gasteiger partial charge is 0.137 e. The van der Waals surface area contributed by atoms with E-state index in [0.29, 0.717) is 5.02 Å². The Bertz CT molecular complexity index is 2240. The monoisotopic (exact) mass is 747 g/mol. The molecule has 4 heteroatoms. The van der Waals surface area contributed by atoms with Crippen LogP contribution in [-0.4, -0.2) is 4.98 Å². The van der Waals surface area contributed by atoms with Gasteiger partial charge in [0.1, 0.15) is 5.82 Å². The molecule has 5 aromatic carbocycles. The van der Waals surface area contributed by atoms with Crippen LogP contribution in [-0.2, 0) is 21.7 Å². The molecule has 0 fully saturated rings. The second-order valence-electron chi connectivity index (χ2n) is 18.9. The molecule has 6 aromatic rings. The number of nitrogens with zero attached hydrogens (tertiary/aromatic N) is 2. The van der Waals surface area contributed by atoms with Crippen molar-refractivity contribution in [2.24, 2.45) is 0 Å². The number of hydrogen-bond acceptors (Lipinski definition) is 3. The van der Waals surface area contributed by atoms with E-state index in [1.807, 2.05) is 24.4 Å². The van der Waals surface area contributed by atoms with Gasteiger partial charge in [0.05, 0.1) is 16.4 Å². The highest BCUT2D eigenvalue weighted by molar-refractivity contribution is 6.37. The summed E-state index contributed by atoms with van der Waals surface area (Å²) in [6.45, 7) is 27.0. The van der Waals surface area contributed by atoms with Gasteiger partial charge in [-0.25, -0.2) is 4.98 Å². The van der Waals surface area contributed by atoms with Gasteiger partial charge >= 0.3 is 0 Å². The van der Waals surface area contributed by atoms with E-state index in [1.165, 1.54) is 22.3 Å². The van der Waals surface area contributed by atoms with E-state index in [2.05, 4.69) is 196 Å². The van der Waals surface area contributed by atoms with Crippen LogP contribution in [0.4, 0.5) is 28.6 Å². The molecule has 6 rings (SSSR count). The summed E-state index contributed by atoms with van der Waals surface area (Å²) in [6.07, 6.45) is 1.83. The highest BCUT2D eigenvalue weighted by atomic mass is 35.5. The molecule has 0 aliphatic carbocycles. The maximum atomic E-state index is 7.76. The first-order valence-corrected chi connectivity index (χ1v) is 19.9. The van der Waals surface area contributed by atoms with Crippen molar-refractivity contribution in [2.45, 2.75) is 105 Å². The van der Waals surface area contributed by atoms with Crippen LogP contribution < -0.4 is 10.2 Å². The van der Waals surface area contributed by atoms with Crippen LogP contribution in [0.5, 0.6) is 0 Å². The summed E-state index contributed by atoms with van der Waals surface area (Å²) in [6, 6.07) is 43.8. The van der Waals surface area contributed by atoms with Crippen LogP contribution in [0.3, 0.4) is 0 Å². The molecule has 0 aliphatic heterocycles.